The van der Waals surface area contributed by atoms with Crippen LogP contribution in [0.15, 0.2) is 17.5 Å². The number of aliphatic hydroxyl groups excluding tert-OH is 1. The van der Waals surface area contributed by atoms with Crippen LogP contribution in [-0.2, 0) is 0 Å². The van der Waals surface area contributed by atoms with Gasteiger partial charge in [-0.2, -0.15) is 0 Å². The predicted octanol–water partition coefficient (Wildman–Crippen LogP) is 0.112. The quantitative estimate of drug-likeness (QED) is 0.205. The monoisotopic (exact) mass is 240 g/mol. The van der Waals surface area contributed by atoms with Gasteiger partial charge in [0.2, 0.25) is 5.88 Å². The molecule has 0 saturated heterocycles. The van der Waals surface area contributed by atoms with Crippen molar-refractivity contribution in [3.63, 3.8) is 0 Å². The average molecular weight is 240 g/mol. The van der Waals surface area contributed by atoms with E-state index < -0.39 is 0 Å². The highest BCUT2D eigenvalue weighted by Crippen LogP contribution is 2.11. The standard InChI is InChI=1S/C10H16N4O3/c11-9(14-16)8-10(13-5-4-12-8)17-7-3-1-2-6-15/h4-5,15-16H,1-3,6-7H2,(H2,11,14). The highest BCUT2D eigenvalue weighted by molar-refractivity contribution is 5.97. The number of rotatable bonds is 7. The van der Waals surface area contributed by atoms with Gasteiger partial charge in [-0.1, -0.05) is 5.16 Å². The van der Waals surface area contributed by atoms with Gasteiger partial charge < -0.3 is 20.8 Å². The van der Waals surface area contributed by atoms with Crippen molar-refractivity contribution in [3.05, 3.63) is 18.1 Å². The minimum Gasteiger partial charge on any atom is -0.476 e. The summed E-state index contributed by atoms with van der Waals surface area (Å²) in [5.41, 5.74) is 5.65. The first kappa shape index (κ1) is 13.2. The van der Waals surface area contributed by atoms with Crippen LogP contribution in [0.5, 0.6) is 5.88 Å². The molecule has 0 aromatic carbocycles. The maximum absolute atomic E-state index is 8.61. The third-order valence-corrected chi connectivity index (χ3v) is 2.06. The maximum atomic E-state index is 8.61. The van der Waals surface area contributed by atoms with E-state index in [4.69, 9.17) is 20.8 Å². The molecule has 0 aliphatic rings. The summed E-state index contributed by atoms with van der Waals surface area (Å²) in [5.74, 6) is 0.107. The first-order valence-electron chi connectivity index (χ1n) is 5.32. The molecule has 0 unspecified atom stereocenters. The molecular weight excluding hydrogens is 224 g/mol. The van der Waals surface area contributed by atoms with Crippen LogP contribution in [0.1, 0.15) is 25.0 Å². The van der Waals surface area contributed by atoms with Crippen LogP contribution in [0.2, 0.25) is 0 Å². The number of nitrogens with two attached hydrogens (primary N) is 1. The molecule has 0 aliphatic heterocycles. The third kappa shape index (κ3) is 4.23. The zero-order chi connectivity index (χ0) is 12.5. The molecule has 0 fully saturated rings. The molecule has 0 aliphatic carbocycles. The minimum absolute atomic E-state index is 0.136. The number of aliphatic hydroxyl groups is 1. The summed E-state index contributed by atoms with van der Waals surface area (Å²) >= 11 is 0. The van der Waals surface area contributed by atoms with Crippen LogP contribution in [0, 0.1) is 0 Å². The van der Waals surface area contributed by atoms with Crippen LogP contribution in [0.3, 0.4) is 0 Å². The molecule has 4 N–H and O–H groups in total. The summed E-state index contributed by atoms with van der Waals surface area (Å²) < 4.78 is 5.38. The zero-order valence-corrected chi connectivity index (χ0v) is 9.41. The van der Waals surface area contributed by atoms with Gasteiger partial charge in [0.1, 0.15) is 0 Å². The van der Waals surface area contributed by atoms with E-state index in [1.807, 2.05) is 0 Å². The molecule has 0 atom stereocenters. The van der Waals surface area contributed by atoms with Crippen molar-refractivity contribution >= 4 is 5.84 Å². The Morgan fingerprint density at radius 2 is 2.06 bits per heavy atom. The molecule has 94 valence electrons. The Kier molecular flexibility index (Phi) is 5.73. The predicted molar refractivity (Wildman–Crippen MR) is 61.0 cm³/mol. The molecule has 7 nitrogen and oxygen atoms in total. The average Bonchev–Trinajstić information content (AvgIpc) is 2.38. The summed E-state index contributed by atoms with van der Waals surface area (Å²) in [6.45, 7) is 0.630. The van der Waals surface area contributed by atoms with Gasteiger partial charge in [-0.05, 0) is 19.3 Å². The lowest BCUT2D eigenvalue weighted by molar-refractivity contribution is 0.261. The van der Waals surface area contributed by atoms with E-state index >= 15 is 0 Å². The van der Waals surface area contributed by atoms with Gasteiger partial charge in [0.25, 0.3) is 0 Å². The van der Waals surface area contributed by atoms with Crippen molar-refractivity contribution in [2.45, 2.75) is 19.3 Å². The van der Waals surface area contributed by atoms with Crippen molar-refractivity contribution in [2.75, 3.05) is 13.2 Å². The fourth-order valence-electron chi connectivity index (χ4n) is 1.21. The number of amidine groups is 1. The summed E-state index contributed by atoms with van der Waals surface area (Å²) in [7, 11) is 0. The first-order chi connectivity index (χ1) is 8.29. The molecule has 1 heterocycles. The lowest BCUT2D eigenvalue weighted by Gasteiger charge is -2.07. The second kappa shape index (κ2) is 7.39. The van der Waals surface area contributed by atoms with Crippen molar-refractivity contribution < 1.29 is 15.1 Å². The van der Waals surface area contributed by atoms with Crippen LogP contribution in [0.4, 0.5) is 0 Å². The Bertz CT molecular complexity index is 370. The maximum Gasteiger partial charge on any atom is 0.243 e. The molecule has 0 radical (unpaired) electrons. The van der Waals surface area contributed by atoms with E-state index in [1.165, 1.54) is 12.4 Å². The summed E-state index contributed by atoms with van der Waals surface area (Å²) in [4.78, 5) is 7.88. The van der Waals surface area contributed by atoms with Gasteiger partial charge in [0.05, 0.1) is 6.61 Å². The number of aromatic nitrogens is 2. The lowest BCUT2D eigenvalue weighted by atomic mass is 10.2. The second-order valence-corrected chi connectivity index (χ2v) is 3.33. The molecule has 0 saturated carbocycles. The molecule has 0 amide bonds. The van der Waals surface area contributed by atoms with Gasteiger partial charge in [-0.15, -0.1) is 0 Å². The van der Waals surface area contributed by atoms with Gasteiger partial charge in [0.15, 0.2) is 11.5 Å². The Morgan fingerprint density at radius 3 is 2.76 bits per heavy atom. The van der Waals surface area contributed by atoms with Crippen LogP contribution in [0.25, 0.3) is 0 Å². The van der Waals surface area contributed by atoms with E-state index in [9.17, 15) is 0 Å². The molecule has 1 rings (SSSR count). The van der Waals surface area contributed by atoms with E-state index in [0.717, 1.165) is 19.3 Å². The number of hydrogen-bond acceptors (Lipinski definition) is 6. The topological polar surface area (TPSA) is 114 Å². The van der Waals surface area contributed by atoms with Gasteiger partial charge in [-0.25, -0.2) is 9.97 Å². The van der Waals surface area contributed by atoms with Gasteiger partial charge in [0, 0.05) is 19.0 Å². The molecular formula is C10H16N4O3. The van der Waals surface area contributed by atoms with E-state index in [1.54, 1.807) is 0 Å². The fourth-order valence-corrected chi connectivity index (χ4v) is 1.21. The second-order valence-electron chi connectivity index (χ2n) is 3.33. The van der Waals surface area contributed by atoms with E-state index in [2.05, 4.69) is 15.1 Å². The normalized spacial score (nSPS) is 11.5. The zero-order valence-electron chi connectivity index (χ0n) is 9.41. The summed E-state index contributed by atoms with van der Waals surface area (Å²) in [5, 5.41) is 20.0. The number of hydrogen-bond donors (Lipinski definition) is 3. The SMILES string of the molecule is NC(=NO)c1nccnc1OCCCCCO. The third-order valence-electron chi connectivity index (χ3n) is 2.06. The molecule has 0 spiro atoms. The van der Waals surface area contributed by atoms with Crippen molar-refractivity contribution in [2.24, 2.45) is 10.9 Å². The largest absolute Gasteiger partial charge is 0.476 e. The van der Waals surface area contributed by atoms with Gasteiger partial charge >= 0.3 is 0 Å². The smallest absolute Gasteiger partial charge is 0.243 e. The minimum atomic E-state index is -0.136. The highest BCUT2D eigenvalue weighted by Gasteiger charge is 2.10. The first-order valence-corrected chi connectivity index (χ1v) is 5.32. The highest BCUT2D eigenvalue weighted by atomic mass is 16.5. The van der Waals surface area contributed by atoms with Crippen molar-refractivity contribution in [1.29, 1.82) is 0 Å². The van der Waals surface area contributed by atoms with E-state index in [-0.39, 0.29) is 24.0 Å². The van der Waals surface area contributed by atoms with Crippen molar-refractivity contribution in [3.8, 4) is 5.88 Å². The van der Waals surface area contributed by atoms with E-state index in [0.29, 0.717) is 6.61 Å². The number of nitrogens with zero attached hydrogens (tertiary/aromatic N) is 3. The number of unbranched alkanes of at least 4 members (excludes halogenated alkanes) is 2. The van der Waals surface area contributed by atoms with Crippen LogP contribution >= 0.6 is 0 Å². The molecule has 1 aromatic heterocycles. The van der Waals surface area contributed by atoms with Crippen molar-refractivity contribution in [1.82, 2.24) is 9.97 Å². The molecule has 7 heteroatoms. The Morgan fingerprint density at radius 1 is 1.29 bits per heavy atom. The molecule has 1 aromatic rings. The number of oxime groups is 1. The van der Waals surface area contributed by atoms with Crippen LogP contribution in [-0.4, -0.2) is 39.3 Å². The Labute approximate surface area is 99.0 Å². The summed E-state index contributed by atoms with van der Waals surface area (Å²) in [6.07, 6.45) is 5.32. The molecule has 0 bridgehead atoms. The van der Waals surface area contributed by atoms with Crippen LogP contribution < -0.4 is 10.5 Å². The lowest BCUT2D eigenvalue weighted by Crippen LogP contribution is -2.17. The molecule has 17 heavy (non-hydrogen) atoms. The summed E-state index contributed by atoms with van der Waals surface area (Å²) in [6, 6.07) is 0. The Hall–Kier alpha value is -1.89. The van der Waals surface area contributed by atoms with Gasteiger partial charge in [-0.3, -0.25) is 0 Å². The fraction of sp³-hybridized carbons (Fsp3) is 0.500. The Balaban J connectivity index is 2.53. The number of ether oxygens (including phenoxy) is 1.